The van der Waals surface area contributed by atoms with Gasteiger partial charge in [0, 0.05) is 18.4 Å². The molecular weight excluding hydrogens is 311 g/mol. The molecule has 0 amide bonds. The Morgan fingerprint density at radius 2 is 2.22 bits per heavy atom. The van der Waals surface area contributed by atoms with Crippen LogP contribution in [0.2, 0.25) is 0 Å². The molecule has 9 heteroatoms. The Morgan fingerprint density at radius 1 is 1.43 bits per heavy atom. The summed E-state index contributed by atoms with van der Waals surface area (Å²) in [5.74, 6) is -0.816. The molecule has 0 bridgehead atoms. The molecule has 0 radical (unpaired) electrons. The summed E-state index contributed by atoms with van der Waals surface area (Å²) >= 11 is 0. The number of halogens is 3. The largest absolute Gasteiger partial charge is 0.453 e. The van der Waals surface area contributed by atoms with Crippen molar-refractivity contribution in [3.8, 4) is 0 Å². The van der Waals surface area contributed by atoms with E-state index in [-0.39, 0.29) is 17.9 Å². The molecule has 2 aromatic heterocycles. The highest BCUT2D eigenvalue weighted by molar-refractivity contribution is 5.46. The Bertz CT molecular complexity index is 694. The van der Waals surface area contributed by atoms with Crippen LogP contribution < -0.4 is 5.32 Å². The average Bonchev–Trinajstić information content (AvgIpc) is 3.12. The van der Waals surface area contributed by atoms with E-state index in [0.717, 1.165) is 30.4 Å². The maximum atomic E-state index is 12.8. The van der Waals surface area contributed by atoms with Gasteiger partial charge in [0.25, 0.3) is 11.6 Å². The zero-order valence-electron chi connectivity index (χ0n) is 12.9. The standard InChI is InChI=1S/C14H18F3N5O/c1-3-9(10-5-4-6-23-10)19-11-7-8(2)18-13-20-12(14(15,16)17)21-22(11)13/h7,9-10,19H,3-6H2,1-2H3. The SMILES string of the molecule is CCC(Nc1cc(C)nc2nc(C(F)(F)F)nn12)C1CCCO1. The minimum absolute atomic E-state index is 0.000960. The highest BCUT2D eigenvalue weighted by Crippen LogP contribution is 2.28. The molecule has 1 aliphatic heterocycles. The molecule has 0 aliphatic carbocycles. The molecular formula is C14H18F3N5O. The first kappa shape index (κ1) is 16.0. The summed E-state index contributed by atoms with van der Waals surface area (Å²) in [5.41, 5.74) is 0.573. The lowest BCUT2D eigenvalue weighted by molar-refractivity contribution is -0.144. The average molecular weight is 329 g/mol. The normalized spacial score (nSPS) is 20.1. The van der Waals surface area contributed by atoms with Crippen molar-refractivity contribution in [2.24, 2.45) is 0 Å². The number of nitrogens with one attached hydrogen (secondary N) is 1. The van der Waals surface area contributed by atoms with E-state index in [9.17, 15) is 13.2 Å². The predicted molar refractivity (Wildman–Crippen MR) is 77.2 cm³/mol. The second-order valence-electron chi connectivity index (χ2n) is 5.64. The molecule has 1 N–H and O–H groups in total. The molecule has 0 spiro atoms. The van der Waals surface area contributed by atoms with Crippen LogP contribution in [0, 0.1) is 6.92 Å². The Labute approximate surface area is 131 Å². The molecule has 2 atom stereocenters. The van der Waals surface area contributed by atoms with Crippen LogP contribution in [-0.4, -0.2) is 38.3 Å². The fraction of sp³-hybridized carbons (Fsp3) is 0.643. The molecule has 3 rings (SSSR count). The van der Waals surface area contributed by atoms with Gasteiger partial charge in [-0.1, -0.05) is 6.92 Å². The van der Waals surface area contributed by atoms with Crippen molar-refractivity contribution < 1.29 is 17.9 Å². The molecule has 6 nitrogen and oxygen atoms in total. The summed E-state index contributed by atoms with van der Waals surface area (Å²) in [5, 5.41) is 6.80. The van der Waals surface area contributed by atoms with Gasteiger partial charge in [-0.15, -0.1) is 5.10 Å². The molecule has 2 unspecified atom stereocenters. The molecule has 23 heavy (non-hydrogen) atoms. The zero-order chi connectivity index (χ0) is 16.6. The van der Waals surface area contributed by atoms with Crippen LogP contribution >= 0.6 is 0 Å². The van der Waals surface area contributed by atoms with E-state index in [2.05, 4.69) is 20.4 Å². The number of rotatable bonds is 4. The van der Waals surface area contributed by atoms with Crippen LogP contribution in [0.5, 0.6) is 0 Å². The lowest BCUT2D eigenvalue weighted by Gasteiger charge is -2.24. The van der Waals surface area contributed by atoms with E-state index in [1.165, 1.54) is 0 Å². The van der Waals surface area contributed by atoms with E-state index in [1.807, 2.05) is 6.92 Å². The fourth-order valence-electron chi connectivity index (χ4n) is 2.78. The third-order valence-corrected chi connectivity index (χ3v) is 3.88. The summed E-state index contributed by atoms with van der Waals surface area (Å²) in [6, 6.07) is 1.67. The van der Waals surface area contributed by atoms with Crippen LogP contribution in [0.25, 0.3) is 5.78 Å². The third kappa shape index (κ3) is 3.24. The quantitative estimate of drug-likeness (QED) is 0.934. The molecule has 3 heterocycles. The molecule has 126 valence electrons. The van der Waals surface area contributed by atoms with Gasteiger partial charge in [-0.25, -0.2) is 4.98 Å². The summed E-state index contributed by atoms with van der Waals surface area (Å²) < 4.78 is 45.3. The van der Waals surface area contributed by atoms with E-state index < -0.39 is 12.0 Å². The van der Waals surface area contributed by atoms with Gasteiger partial charge >= 0.3 is 6.18 Å². The number of ether oxygens (including phenoxy) is 1. The topological polar surface area (TPSA) is 64.3 Å². The van der Waals surface area contributed by atoms with E-state index in [4.69, 9.17) is 4.74 Å². The summed E-state index contributed by atoms with van der Waals surface area (Å²) in [4.78, 5) is 7.50. The summed E-state index contributed by atoms with van der Waals surface area (Å²) in [7, 11) is 0. The Balaban J connectivity index is 1.97. The van der Waals surface area contributed by atoms with Gasteiger partial charge in [-0.3, -0.25) is 0 Å². The second-order valence-corrected chi connectivity index (χ2v) is 5.64. The van der Waals surface area contributed by atoms with Crippen LogP contribution in [0.1, 0.15) is 37.7 Å². The van der Waals surface area contributed by atoms with Crippen LogP contribution in [0.3, 0.4) is 0 Å². The Hall–Kier alpha value is -1.90. The lowest BCUT2D eigenvalue weighted by atomic mass is 10.1. The first-order valence-electron chi connectivity index (χ1n) is 7.58. The lowest BCUT2D eigenvalue weighted by Crippen LogP contribution is -2.33. The highest BCUT2D eigenvalue weighted by atomic mass is 19.4. The molecule has 0 aromatic carbocycles. The van der Waals surface area contributed by atoms with Gasteiger partial charge in [0.05, 0.1) is 12.1 Å². The first-order chi connectivity index (χ1) is 10.9. The third-order valence-electron chi connectivity index (χ3n) is 3.88. The van der Waals surface area contributed by atoms with Gasteiger partial charge in [-0.2, -0.15) is 22.7 Å². The van der Waals surface area contributed by atoms with E-state index >= 15 is 0 Å². The maximum absolute atomic E-state index is 12.8. The highest BCUT2D eigenvalue weighted by Gasteiger charge is 2.37. The molecule has 0 saturated carbocycles. The van der Waals surface area contributed by atoms with E-state index in [1.54, 1.807) is 13.0 Å². The van der Waals surface area contributed by atoms with Gasteiger partial charge < -0.3 is 10.1 Å². The van der Waals surface area contributed by atoms with Crippen LogP contribution in [0.15, 0.2) is 6.07 Å². The monoisotopic (exact) mass is 329 g/mol. The maximum Gasteiger partial charge on any atom is 0.453 e. The number of nitrogens with zero attached hydrogens (tertiary/aromatic N) is 4. The smallest absolute Gasteiger partial charge is 0.376 e. The van der Waals surface area contributed by atoms with Crippen molar-refractivity contribution in [1.29, 1.82) is 0 Å². The van der Waals surface area contributed by atoms with Gasteiger partial charge in [-0.05, 0) is 26.2 Å². The molecule has 1 aliphatic rings. The van der Waals surface area contributed by atoms with Gasteiger partial charge in [0.1, 0.15) is 5.82 Å². The number of anilines is 1. The Kier molecular flexibility index (Phi) is 4.13. The number of alkyl halides is 3. The van der Waals surface area contributed by atoms with Crippen molar-refractivity contribution >= 4 is 11.6 Å². The number of fused-ring (bicyclic) bond motifs is 1. The molecule has 1 fully saturated rings. The number of hydrogen-bond donors (Lipinski definition) is 1. The minimum Gasteiger partial charge on any atom is -0.376 e. The zero-order valence-corrected chi connectivity index (χ0v) is 12.9. The summed E-state index contributed by atoms with van der Waals surface area (Å²) in [6.07, 6.45) is -1.83. The van der Waals surface area contributed by atoms with Crippen molar-refractivity contribution in [2.45, 2.75) is 51.4 Å². The first-order valence-corrected chi connectivity index (χ1v) is 7.58. The minimum atomic E-state index is -4.60. The molecule has 1 saturated heterocycles. The van der Waals surface area contributed by atoms with Crippen LogP contribution in [-0.2, 0) is 10.9 Å². The van der Waals surface area contributed by atoms with E-state index in [0.29, 0.717) is 11.5 Å². The summed E-state index contributed by atoms with van der Waals surface area (Å²) in [6.45, 7) is 4.43. The van der Waals surface area contributed by atoms with Gasteiger partial charge in [0.15, 0.2) is 0 Å². The predicted octanol–water partition coefficient (Wildman–Crippen LogP) is 2.82. The second kappa shape index (κ2) is 5.95. The van der Waals surface area contributed by atoms with Gasteiger partial charge in [0.2, 0.25) is 0 Å². The number of aromatic nitrogens is 4. The van der Waals surface area contributed by atoms with Crippen LogP contribution in [0.4, 0.5) is 19.0 Å². The fourth-order valence-corrected chi connectivity index (χ4v) is 2.78. The van der Waals surface area contributed by atoms with Crippen molar-refractivity contribution in [2.75, 3.05) is 11.9 Å². The van der Waals surface area contributed by atoms with Crippen molar-refractivity contribution in [3.63, 3.8) is 0 Å². The number of hydrogen-bond acceptors (Lipinski definition) is 5. The molecule has 2 aromatic rings. The van der Waals surface area contributed by atoms with Crippen molar-refractivity contribution in [1.82, 2.24) is 19.6 Å². The Morgan fingerprint density at radius 3 is 2.83 bits per heavy atom. The number of aryl methyl sites for hydroxylation is 1. The van der Waals surface area contributed by atoms with Crippen molar-refractivity contribution in [3.05, 3.63) is 17.6 Å².